The van der Waals surface area contributed by atoms with E-state index in [4.69, 9.17) is 0 Å². The van der Waals surface area contributed by atoms with Gasteiger partial charge in [-0.3, -0.25) is 9.59 Å². The van der Waals surface area contributed by atoms with Crippen LogP contribution in [0.2, 0.25) is 0 Å². The number of para-hydroxylation sites is 1. The fourth-order valence-electron chi connectivity index (χ4n) is 2.13. The van der Waals surface area contributed by atoms with E-state index in [9.17, 15) is 9.59 Å². The van der Waals surface area contributed by atoms with Crippen LogP contribution >= 0.6 is 22.6 Å². The minimum atomic E-state index is -0.316. The van der Waals surface area contributed by atoms with Crippen molar-refractivity contribution in [3.63, 3.8) is 0 Å². The lowest BCUT2D eigenvalue weighted by atomic mass is 10.2. The minimum Gasteiger partial charge on any atom is -0.321 e. The zero-order valence-corrected chi connectivity index (χ0v) is 14.1. The molecule has 0 saturated heterocycles. The first kappa shape index (κ1) is 15.4. The molecular weight excluding hydrogens is 405 g/mol. The molecule has 5 nitrogen and oxygen atoms in total. The summed E-state index contributed by atoms with van der Waals surface area (Å²) in [7, 11) is 0. The Bertz CT molecular complexity index is 963. The van der Waals surface area contributed by atoms with Crippen LogP contribution in [0.5, 0.6) is 0 Å². The van der Waals surface area contributed by atoms with Crippen LogP contribution in [-0.2, 0) is 0 Å². The Kier molecular flexibility index (Phi) is 4.52. The van der Waals surface area contributed by atoms with Crippen molar-refractivity contribution < 1.29 is 4.79 Å². The van der Waals surface area contributed by atoms with Crippen LogP contribution in [0.25, 0.3) is 10.9 Å². The predicted octanol–water partition coefficient (Wildman–Crippen LogP) is 2.90. The second-order valence-corrected chi connectivity index (χ2v) is 5.98. The molecule has 0 atom stereocenters. The summed E-state index contributed by atoms with van der Waals surface area (Å²) in [5, 5.41) is 4.78. The first-order valence-corrected chi connectivity index (χ1v) is 7.93. The number of nitrogens with zero attached hydrogens (tertiary/aromatic N) is 1. The summed E-state index contributed by atoms with van der Waals surface area (Å²) in [4.78, 5) is 26.8. The molecule has 0 aliphatic rings. The smallest absolute Gasteiger partial charge is 0.272 e. The van der Waals surface area contributed by atoms with Crippen molar-refractivity contribution in [1.29, 1.82) is 0 Å². The van der Waals surface area contributed by atoms with Gasteiger partial charge in [-0.15, -0.1) is 0 Å². The first-order chi connectivity index (χ1) is 11.1. The Morgan fingerprint density at radius 1 is 1.13 bits per heavy atom. The molecule has 0 unspecified atom stereocenters. The number of hydrogen-bond acceptors (Lipinski definition) is 3. The maximum absolute atomic E-state index is 12.0. The second kappa shape index (κ2) is 6.74. The van der Waals surface area contributed by atoms with Gasteiger partial charge in [-0.25, -0.2) is 5.43 Å². The quantitative estimate of drug-likeness (QED) is 0.391. The van der Waals surface area contributed by atoms with Crippen LogP contribution in [0.3, 0.4) is 0 Å². The molecule has 3 aromatic rings. The van der Waals surface area contributed by atoms with Gasteiger partial charge in [0.05, 0.1) is 17.3 Å². The third kappa shape index (κ3) is 3.48. The lowest BCUT2D eigenvalue weighted by Crippen LogP contribution is -2.20. The van der Waals surface area contributed by atoms with Crippen LogP contribution < -0.4 is 11.0 Å². The number of nitrogens with one attached hydrogen (secondary N) is 2. The van der Waals surface area contributed by atoms with E-state index in [2.05, 4.69) is 38.1 Å². The molecule has 0 radical (unpaired) electrons. The third-order valence-electron chi connectivity index (χ3n) is 3.27. The van der Waals surface area contributed by atoms with E-state index in [1.165, 1.54) is 6.21 Å². The molecule has 0 aliphatic carbocycles. The van der Waals surface area contributed by atoms with Crippen LogP contribution in [0, 0.1) is 3.57 Å². The number of carbonyl (C=O) groups is 1. The van der Waals surface area contributed by atoms with Crippen molar-refractivity contribution in [1.82, 2.24) is 10.4 Å². The fourth-order valence-corrected chi connectivity index (χ4v) is 2.76. The van der Waals surface area contributed by atoms with Gasteiger partial charge in [0.1, 0.15) is 0 Å². The molecule has 1 amide bonds. The lowest BCUT2D eigenvalue weighted by molar-refractivity contribution is 0.0954. The zero-order valence-electron chi connectivity index (χ0n) is 11.9. The highest BCUT2D eigenvalue weighted by Gasteiger charge is 2.07. The molecule has 0 aliphatic heterocycles. The SMILES string of the molecule is O=C(NN=Cc1cc2ccccc2[nH]c1=O)c1ccccc1I. The van der Waals surface area contributed by atoms with Crippen molar-refractivity contribution in [2.75, 3.05) is 0 Å². The number of halogens is 1. The van der Waals surface area contributed by atoms with Gasteiger partial charge in [-0.2, -0.15) is 5.10 Å². The highest BCUT2D eigenvalue weighted by Crippen LogP contribution is 2.11. The van der Waals surface area contributed by atoms with Gasteiger partial charge in [0.15, 0.2) is 0 Å². The summed E-state index contributed by atoms with van der Waals surface area (Å²) in [5.74, 6) is -0.316. The topological polar surface area (TPSA) is 74.3 Å². The number of amides is 1. The Hall–Kier alpha value is -2.48. The van der Waals surface area contributed by atoms with Gasteiger partial charge >= 0.3 is 0 Å². The average Bonchev–Trinajstić information content (AvgIpc) is 2.55. The van der Waals surface area contributed by atoms with Gasteiger partial charge in [-0.1, -0.05) is 30.3 Å². The van der Waals surface area contributed by atoms with E-state index in [1.54, 1.807) is 18.2 Å². The van der Waals surface area contributed by atoms with Gasteiger partial charge in [-0.05, 0) is 52.2 Å². The number of aromatic amines is 1. The molecule has 23 heavy (non-hydrogen) atoms. The van der Waals surface area contributed by atoms with Crippen LogP contribution in [-0.4, -0.2) is 17.1 Å². The van der Waals surface area contributed by atoms with E-state index in [1.807, 2.05) is 36.4 Å². The molecule has 2 aromatic carbocycles. The van der Waals surface area contributed by atoms with E-state index < -0.39 is 0 Å². The Balaban J connectivity index is 1.81. The Morgan fingerprint density at radius 2 is 1.87 bits per heavy atom. The summed E-state index contributed by atoms with van der Waals surface area (Å²) in [5.41, 5.74) is 3.87. The van der Waals surface area contributed by atoms with Crippen LogP contribution in [0.4, 0.5) is 0 Å². The fraction of sp³-hybridized carbons (Fsp3) is 0. The summed E-state index contributed by atoms with van der Waals surface area (Å²) in [6, 6.07) is 16.4. The van der Waals surface area contributed by atoms with E-state index >= 15 is 0 Å². The summed E-state index contributed by atoms with van der Waals surface area (Å²) in [6.45, 7) is 0. The van der Waals surface area contributed by atoms with Crippen molar-refractivity contribution >= 4 is 45.6 Å². The number of hydrazone groups is 1. The molecule has 0 spiro atoms. The van der Waals surface area contributed by atoms with Crippen LogP contribution in [0.1, 0.15) is 15.9 Å². The number of hydrogen-bond donors (Lipinski definition) is 2. The average molecular weight is 417 g/mol. The van der Waals surface area contributed by atoms with Gasteiger partial charge in [0, 0.05) is 9.09 Å². The van der Waals surface area contributed by atoms with E-state index in [0.717, 1.165) is 14.5 Å². The summed E-state index contributed by atoms with van der Waals surface area (Å²) in [6.07, 6.45) is 1.35. The summed E-state index contributed by atoms with van der Waals surface area (Å²) < 4.78 is 0.835. The molecule has 114 valence electrons. The minimum absolute atomic E-state index is 0.254. The van der Waals surface area contributed by atoms with Crippen molar-refractivity contribution in [2.24, 2.45) is 5.10 Å². The maximum Gasteiger partial charge on any atom is 0.272 e. The molecule has 1 aromatic heterocycles. The van der Waals surface area contributed by atoms with E-state index in [-0.39, 0.29) is 11.5 Å². The van der Waals surface area contributed by atoms with Crippen molar-refractivity contribution in [3.8, 4) is 0 Å². The number of pyridine rings is 1. The highest BCUT2D eigenvalue weighted by atomic mass is 127. The Labute approximate surface area is 145 Å². The molecule has 0 saturated carbocycles. The first-order valence-electron chi connectivity index (χ1n) is 6.85. The highest BCUT2D eigenvalue weighted by molar-refractivity contribution is 14.1. The lowest BCUT2D eigenvalue weighted by Gasteiger charge is -2.02. The van der Waals surface area contributed by atoms with Crippen LogP contribution in [0.15, 0.2) is 64.5 Å². The largest absolute Gasteiger partial charge is 0.321 e. The Morgan fingerprint density at radius 3 is 2.70 bits per heavy atom. The van der Waals surface area contributed by atoms with Gasteiger partial charge in [0.2, 0.25) is 0 Å². The molecule has 3 rings (SSSR count). The number of carbonyl (C=O) groups excluding carboxylic acids is 1. The number of rotatable bonds is 3. The van der Waals surface area contributed by atoms with Crippen molar-refractivity contribution in [2.45, 2.75) is 0 Å². The normalized spacial score (nSPS) is 11.0. The molecule has 0 fully saturated rings. The number of aromatic nitrogens is 1. The predicted molar refractivity (Wildman–Crippen MR) is 98.8 cm³/mol. The molecule has 2 N–H and O–H groups in total. The number of fused-ring (bicyclic) bond motifs is 1. The molecular formula is C17H12IN3O2. The number of H-pyrrole nitrogens is 1. The maximum atomic E-state index is 12.0. The molecule has 1 heterocycles. The van der Waals surface area contributed by atoms with Gasteiger partial charge in [0.25, 0.3) is 11.5 Å². The van der Waals surface area contributed by atoms with Crippen molar-refractivity contribution in [3.05, 3.63) is 79.6 Å². The monoisotopic (exact) mass is 417 g/mol. The third-order valence-corrected chi connectivity index (χ3v) is 4.21. The number of benzene rings is 2. The standard InChI is InChI=1S/C17H12IN3O2/c18-14-7-3-2-6-13(14)17(23)21-19-10-12-9-11-5-1-4-8-15(11)20-16(12)22/h1-10H,(H,20,22)(H,21,23). The van der Waals surface area contributed by atoms with Gasteiger partial charge < -0.3 is 4.98 Å². The molecule has 6 heteroatoms. The zero-order chi connectivity index (χ0) is 16.2. The summed E-state index contributed by atoms with van der Waals surface area (Å²) >= 11 is 2.09. The second-order valence-electron chi connectivity index (χ2n) is 4.82. The van der Waals surface area contributed by atoms with E-state index in [0.29, 0.717) is 11.1 Å². The molecule has 0 bridgehead atoms.